The van der Waals surface area contributed by atoms with E-state index in [0.29, 0.717) is 28.6 Å². The first-order valence-electron chi connectivity index (χ1n) is 12.8. The fourth-order valence-corrected chi connectivity index (χ4v) is 5.63. The van der Waals surface area contributed by atoms with Crippen LogP contribution in [0.3, 0.4) is 0 Å². The molecule has 1 aliphatic carbocycles. The summed E-state index contributed by atoms with van der Waals surface area (Å²) in [6.45, 7) is 6.16. The van der Waals surface area contributed by atoms with Crippen LogP contribution in [-0.4, -0.2) is 53.4 Å². The Morgan fingerprint density at radius 2 is 1.85 bits per heavy atom. The Morgan fingerprint density at radius 1 is 1.18 bits per heavy atom. The lowest BCUT2D eigenvalue weighted by Crippen LogP contribution is -2.33. The van der Waals surface area contributed by atoms with Crippen LogP contribution in [0.1, 0.15) is 56.4 Å². The number of methoxy groups -OCH3 is 1. The van der Waals surface area contributed by atoms with E-state index in [2.05, 4.69) is 40.5 Å². The van der Waals surface area contributed by atoms with E-state index in [1.807, 2.05) is 4.57 Å². The second-order valence-electron chi connectivity index (χ2n) is 11.1. The molecule has 2 aromatic carbocycles. The zero-order valence-corrected chi connectivity index (χ0v) is 22.9. The van der Waals surface area contributed by atoms with E-state index in [1.165, 1.54) is 50.6 Å². The predicted octanol–water partition coefficient (Wildman–Crippen LogP) is 6.45. The van der Waals surface area contributed by atoms with Gasteiger partial charge >= 0.3 is 12.3 Å². The summed E-state index contributed by atoms with van der Waals surface area (Å²) in [5.74, 6) is -1.73. The van der Waals surface area contributed by atoms with Crippen LogP contribution in [0.4, 0.5) is 29.2 Å². The fourth-order valence-electron chi connectivity index (χ4n) is 5.63. The number of nitrogens with one attached hydrogen (secondary N) is 1. The van der Waals surface area contributed by atoms with Crippen molar-refractivity contribution >= 4 is 34.5 Å². The van der Waals surface area contributed by atoms with Crippen molar-refractivity contribution < 1.29 is 36.6 Å². The smallest absolute Gasteiger partial charge is 0.468 e. The number of likely N-dealkylation sites (N-methyl/N-ethyl adjacent to an activating group) is 1. The standard InChI is InChI=1S/C28H32F4N4O4/c1-16-10-18(14-27(2,3)13-16)36-23-12-21(29)20(25(38)35(4)15-24(37)39-5)11-22(23)34-26(36)33-17-6-8-19(9-7-17)40-28(30,31)32/h6-9,11-12,16,18H,10,13-15H2,1-5H3,(H,33,34)/t16-,18+/m0/s1. The minimum atomic E-state index is -4.81. The summed E-state index contributed by atoms with van der Waals surface area (Å²) in [6.07, 6.45) is -2.18. The van der Waals surface area contributed by atoms with Crippen molar-refractivity contribution in [1.82, 2.24) is 14.5 Å². The average Bonchev–Trinajstić information content (AvgIpc) is 3.18. The van der Waals surface area contributed by atoms with E-state index in [1.54, 1.807) is 0 Å². The largest absolute Gasteiger partial charge is 0.573 e. The molecule has 0 unspecified atom stereocenters. The summed E-state index contributed by atoms with van der Waals surface area (Å²) >= 11 is 0. The van der Waals surface area contributed by atoms with E-state index in [9.17, 15) is 22.8 Å². The summed E-state index contributed by atoms with van der Waals surface area (Å²) in [7, 11) is 2.56. The second-order valence-corrected chi connectivity index (χ2v) is 11.1. The zero-order valence-electron chi connectivity index (χ0n) is 22.9. The molecule has 0 aliphatic heterocycles. The minimum Gasteiger partial charge on any atom is -0.468 e. The number of alkyl halides is 3. The molecule has 1 aliphatic rings. The van der Waals surface area contributed by atoms with Crippen LogP contribution < -0.4 is 10.1 Å². The van der Waals surface area contributed by atoms with Gasteiger partial charge in [-0.3, -0.25) is 9.59 Å². The fraction of sp³-hybridized carbons (Fsp3) is 0.464. The van der Waals surface area contributed by atoms with E-state index < -0.39 is 24.1 Å². The number of anilines is 2. The summed E-state index contributed by atoms with van der Waals surface area (Å²) in [5, 5.41) is 3.15. The number of benzene rings is 2. The summed E-state index contributed by atoms with van der Waals surface area (Å²) in [4.78, 5) is 30.3. The van der Waals surface area contributed by atoms with Gasteiger partial charge in [-0.2, -0.15) is 0 Å². The van der Waals surface area contributed by atoms with Gasteiger partial charge in [-0.15, -0.1) is 13.2 Å². The number of esters is 1. The Morgan fingerprint density at radius 3 is 2.45 bits per heavy atom. The number of rotatable bonds is 7. The van der Waals surface area contributed by atoms with Crippen LogP contribution in [0.2, 0.25) is 0 Å². The summed E-state index contributed by atoms with van der Waals surface area (Å²) in [5.41, 5.74) is 1.04. The van der Waals surface area contributed by atoms with E-state index in [-0.39, 0.29) is 29.3 Å². The lowest BCUT2D eigenvalue weighted by atomic mass is 9.70. The number of amides is 1. The van der Waals surface area contributed by atoms with E-state index in [0.717, 1.165) is 24.2 Å². The first-order valence-corrected chi connectivity index (χ1v) is 12.8. The van der Waals surface area contributed by atoms with Gasteiger partial charge in [-0.25, -0.2) is 9.37 Å². The number of aromatic nitrogens is 2. The Hall–Kier alpha value is -3.83. The van der Waals surface area contributed by atoms with Gasteiger partial charge in [0, 0.05) is 24.8 Å². The molecule has 0 radical (unpaired) electrons. The second kappa shape index (κ2) is 11.0. The van der Waals surface area contributed by atoms with E-state index >= 15 is 4.39 Å². The minimum absolute atomic E-state index is 0.0117. The summed E-state index contributed by atoms with van der Waals surface area (Å²) in [6, 6.07) is 7.77. The van der Waals surface area contributed by atoms with Crippen LogP contribution in [0.25, 0.3) is 11.0 Å². The van der Waals surface area contributed by atoms with Gasteiger partial charge in [0.25, 0.3) is 5.91 Å². The number of ether oxygens (including phenoxy) is 2. The lowest BCUT2D eigenvalue weighted by molar-refractivity contribution is -0.274. The van der Waals surface area contributed by atoms with E-state index in [4.69, 9.17) is 0 Å². The van der Waals surface area contributed by atoms with Crippen molar-refractivity contribution in [2.24, 2.45) is 11.3 Å². The maximum atomic E-state index is 15.4. The molecular formula is C28H32F4N4O4. The molecule has 3 aromatic rings. The van der Waals surface area contributed by atoms with Gasteiger partial charge in [0.15, 0.2) is 0 Å². The lowest BCUT2D eigenvalue weighted by Gasteiger charge is -2.40. The molecule has 1 N–H and O–H groups in total. The molecule has 1 heterocycles. The van der Waals surface area contributed by atoms with Crippen LogP contribution in [0.15, 0.2) is 36.4 Å². The number of carbonyl (C=O) groups excluding carboxylic acids is 2. The predicted molar refractivity (Wildman–Crippen MR) is 141 cm³/mol. The van der Waals surface area contributed by atoms with Gasteiger partial charge in [-0.1, -0.05) is 20.8 Å². The molecule has 12 heteroatoms. The zero-order chi connectivity index (χ0) is 29.4. The summed E-state index contributed by atoms with van der Waals surface area (Å²) < 4.78 is 63.6. The SMILES string of the molecule is COC(=O)CN(C)C(=O)c1cc2nc(Nc3ccc(OC(F)(F)F)cc3)n([C@@H]3C[C@H](C)CC(C)(C)C3)c2cc1F. The molecule has 4 rings (SSSR count). The molecule has 0 spiro atoms. The van der Waals surface area contributed by atoms with Crippen molar-refractivity contribution in [2.75, 3.05) is 26.0 Å². The highest BCUT2D eigenvalue weighted by atomic mass is 19.4. The third-order valence-electron chi connectivity index (χ3n) is 7.02. The van der Waals surface area contributed by atoms with Gasteiger partial charge in [0.2, 0.25) is 5.95 Å². The maximum Gasteiger partial charge on any atom is 0.573 e. The first-order chi connectivity index (χ1) is 18.7. The number of hydrogen-bond donors (Lipinski definition) is 1. The molecule has 216 valence electrons. The molecule has 0 saturated heterocycles. The quantitative estimate of drug-likeness (QED) is 0.262. The number of fused-ring (bicyclic) bond motifs is 1. The van der Waals surface area contributed by atoms with Crippen molar-refractivity contribution in [1.29, 1.82) is 0 Å². The van der Waals surface area contributed by atoms with Gasteiger partial charge in [0.1, 0.15) is 18.1 Å². The van der Waals surface area contributed by atoms with Crippen LogP contribution in [-0.2, 0) is 9.53 Å². The normalized spacial score (nSPS) is 18.8. The van der Waals surface area contributed by atoms with Gasteiger partial charge in [-0.05, 0) is 60.9 Å². The maximum absolute atomic E-state index is 15.4. The van der Waals surface area contributed by atoms with Crippen LogP contribution in [0.5, 0.6) is 5.75 Å². The molecule has 1 saturated carbocycles. The molecule has 2 atom stereocenters. The van der Waals surface area contributed by atoms with Crippen molar-refractivity contribution in [3.63, 3.8) is 0 Å². The Kier molecular flexibility index (Phi) is 8.00. The Balaban J connectivity index is 1.76. The highest BCUT2D eigenvalue weighted by Crippen LogP contribution is 2.46. The number of nitrogens with zero attached hydrogens (tertiary/aromatic N) is 3. The third kappa shape index (κ3) is 6.65. The molecule has 1 aromatic heterocycles. The van der Waals surface area contributed by atoms with Gasteiger partial charge < -0.3 is 24.3 Å². The highest BCUT2D eigenvalue weighted by molar-refractivity contribution is 5.99. The monoisotopic (exact) mass is 564 g/mol. The number of imidazole rings is 1. The number of carbonyl (C=O) groups is 2. The van der Waals surface area contributed by atoms with Crippen molar-refractivity contribution in [3.8, 4) is 5.75 Å². The van der Waals surface area contributed by atoms with Crippen molar-refractivity contribution in [3.05, 3.63) is 47.8 Å². The third-order valence-corrected chi connectivity index (χ3v) is 7.02. The molecule has 40 heavy (non-hydrogen) atoms. The highest BCUT2D eigenvalue weighted by Gasteiger charge is 2.35. The molecule has 1 amide bonds. The number of hydrogen-bond acceptors (Lipinski definition) is 6. The Labute approximate surface area is 229 Å². The molecular weight excluding hydrogens is 532 g/mol. The van der Waals surface area contributed by atoms with Crippen LogP contribution >= 0.6 is 0 Å². The molecule has 8 nitrogen and oxygen atoms in total. The molecule has 0 bridgehead atoms. The molecule has 1 fully saturated rings. The Bertz CT molecular complexity index is 1400. The van der Waals surface area contributed by atoms with Crippen molar-refractivity contribution in [2.45, 2.75) is 52.4 Å². The number of halogens is 4. The average molecular weight is 565 g/mol. The first kappa shape index (κ1) is 29.2. The topological polar surface area (TPSA) is 85.7 Å². The van der Waals surface area contributed by atoms with Crippen LogP contribution in [0, 0.1) is 17.2 Å². The van der Waals surface area contributed by atoms with Gasteiger partial charge in [0.05, 0.1) is 23.7 Å².